The molecular weight excluding hydrogens is 494 g/mol. The molecule has 0 fully saturated rings. The molecule has 38 heavy (non-hydrogen) atoms. The first kappa shape index (κ1) is 28.4. The largest absolute Gasteiger partial charge is 0.379 e. The number of aromatic nitrogens is 4. The molecule has 0 aliphatic rings. The van der Waals surface area contributed by atoms with Crippen LogP contribution in [0.25, 0.3) is 11.2 Å². The summed E-state index contributed by atoms with van der Waals surface area (Å²) < 4.78 is 10.5. The third-order valence-electron chi connectivity index (χ3n) is 5.18. The number of nitrogens with two attached hydrogens (primary N) is 2. The Morgan fingerprint density at radius 2 is 1.74 bits per heavy atom. The van der Waals surface area contributed by atoms with Gasteiger partial charge in [-0.15, -0.1) is 0 Å². The molecule has 3 rings (SSSR count). The molecule has 0 aliphatic carbocycles. The van der Waals surface area contributed by atoms with Gasteiger partial charge in [0, 0.05) is 37.3 Å². The van der Waals surface area contributed by atoms with Crippen molar-refractivity contribution >= 4 is 34.6 Å². The Hall–Kier alpha value is -4.14. The molecule has 1 aromatic carbocycles. The molecule has 3 aromatic rings. The van der Waals surface area contributed by atoms with Gasteiger partial charge >= 0.3 is 0 Å². The number of nitrogen functional groups attached to an aromatic ring is 1. The Bertz CT molecular complexity index is 1250. The van der Waals surface area contributed by atoms with Crippen molar-refractivity contribution in [1.82, 2.24) is 30.6 Å². The van der Waals surface area contributed by atoms with Gasteiger partial charge in [0.25, 0.3) is 11.5 Å². The summed E-state index contributed by atoms with van der Waals surface area (Å²) in [6, 6.07) is 6.90. The molecule has 2 heterocycles. The van der Waals surface area contributed by atoms with Crippen LogP contribution in [0.1, 0.15) is 28.9 Å². The number of carbonyl (C=O) groups excluding carboxylic acids is 2. The highest BCUT2D eigenvalue weighted by Crippen LogP contribution is 2.11. The van der Waals surface area contributed by atoms with Crippen molar-refractivity contribution in [2.45, 2.75) is 19.4 Å². The van der Waals surface area contributed by atoms with E-state index in [0.717, 1.165) is 5.69 Å². The molecule has 0 bridgehead atoms. The number of ether oxygens (including phenoxy) is 2. The number of hydrogen-bond acceptors (Lipinski definition) is 11. The summed E-state index contributed by atoms with van der Waals surface area (Å²) in [5.41, 5.74) is 12.5. The maximum Gasteiger partial charge on any atom is 0.280 e. The van der Waals surface area contributed by atoms with Gasteiger partial charge in [-0.2, -0.15) is 4.98 Å². The first-order valence-corrected chi connectivity index (χ1v) is 12.2. The fourth-order valence-electron chi connectivity index (χ4n) is 3.30. The van der Waals surface area contributed by atoms with E-state index in [-0.39, 0.29) is 28.9 Å². The van der Waals surface area contributed by atoms with E-state index in [9.17, 15) is 14.4 Å². The predicted octanol–water partition coefficient (Wildman–Crippen LogP) is -0.474. The quantitative estimate of drug-likeness (QED) is 0.131. The molecule has 0 spiro atoms. The lowest BCUT2D eigenvalue weighted by Crippen LogP contribution is -2.29. The Balaban J connectivity index is 1.31. The molecule has 204 valence electrons. The topological polar surface area (TPSA) is 212 Å². The van der Waals surface area contributed by atoms with Gasteiger partial charge in [-0.3, -0.25) is 19.4 Å². The van der Waals surface area contributed by atoms with Crippen LogP contribution in [0.15, 0.2) is 35.3 Å². The minimum Gasteiger partial charge on any atom is -0.379 e. The highest BCUT2D eigenvalue weighted by Gasteiger charge is 2.08. The maximum atomic E-state index is 12.4. The van der Waals surface area contributed by atoms with E-state index < -0.39 is 5.56 Å². The third kappa shape index (κ3) is 9.38. The van der Waals surface area contributed by atoms with Gasteiger partial charge in [-0.05, 0) is 30.7 Å². The van der Waals surface area contributed by atoms with Gasteiger partial charge in [-0.1, -0.05) is 0 Å². The predicted molar refractivity (Wildman–Crippen MR) is 141 cm³/mol. The fourth-order valence-corrected chi connectivity index (χ4v) is 3.30. The van der Waals surface area contributed by atoms with Crippen LogP contribution in [0.4, 0.5) is 11.6 Å². The number of fused-ring (bicyclic) bond motifs is 1. The van der Waals surface area contributed by atoms with E-state index >= 15 is 0 Å². The van der Waals surface area contributed by atoms with Crippen molar-refractivity contribution in [1.29, 1.82) is 0 Å². The molecular formula is C24H33N9O5. The summed E-state index contributed by atoms with van der Waals surface area (Å²) in [7, 11) is 0. The lowest BCUT2D eigenvalue weighted by Gasteiger charge is -2.09. The van der Waals surface area contributed by atoms with Crippen LogP contribution < -0.4 is 33.0 Å². The lowest BCUT2D eigenvalue weighted by atomic mass is 10.2. The van der Waals surface area contributed by atoms with E-state index in [2.05, 4.69) is 35.9 Å². The standard InChI is InChI=1S/C24H33N9O5/c25-7-10-37-12-13-38-11-9-27-19(34)2-1-8-28-22(35)16-3-5-17(6-4-16)29-14-18-15-30-21-20(31-18)23(36)33-24(26)32-21/h3-6,15,29H,1-2,7-14,25H2,(H,27,34)(H,28,35)(H3,26,30,32,33,36). The summed E-state index contributed by atoms with van der Waals surface area (Å²) in [6.07, 6.45) is 2.33. The zero-order valence-corrected chi connectivity index (χ0v) is 21.0. The molecule has 0 unspecified atom stereocenters. The van der Waals surface area contributed by atoms with Gasteiger partial charge in [0.2, 0.25) is 11.9 Å². The van der Waals surface area contributed by atoms with Crippen molar-refractivity contribution in [3.63, 3.8) is 0 Å². The van der Waals surface area contributed by atoms with E-state index in [1.807, 2.05) is 0 Å². The van der Waals surface area contributed by atoms with E-state index in [1.54, 1.807) is 24.3 Å². The van der Waals surface area contributed by atoms with Crippen LogP contribution >= 0.6 is 0 Å². The number of anilines is 2. The van der Waals surface area contributed by atoms with Crippen molar-refractivity contribution in [2.75, 3.05) is 57.1 Å². The molecule has 2 aromatic heterocycles. The third-order valence-corrected chi connectivity index (χ3v) is 5.18. The number of benzene rings is 1. The van der Waals surface area contributed by atoms with Crippen molar-refractivity contribution < 1.29 is 19.1 Å². The highest BCUT2D eigenvalue weighted by molar-refractivity contribution is 5.94. The molecule has 0 atom stereocenters. The Kier molecular flexibility index (Phi) is 11.4. The summed E-state index contributed by atoms with van der Waals surface area (Å²) in [6.45, 7) is 3.42. The molecule has 14 nitrogen and oxygen atoms in total. The van der Waals surface area contributed by atoms with Crippen LogP contribution in [0.3, 0.4) is 0 Å². The van der Waals surface area contributed by atoms with Gasteiger partial charge in [0.15, 0.2) is 11.2 Å². The summed E-state index contributed by atoms with van der Waals surface area (Å²) in [5.74, 6) is -0.344. The second-order valence-corrected chi connectivity index (χ2v) is 8.14. The average Bonchev–Trinajstić information content (AvgIpc) is 2.91. The van der Waals surface area contributed by atoms with Gasteiger partial charge in [0.1, 0.15) is 0 Å². The number of amides is 2. The van der Waals surface area contributed by atoms with Gasteiger partial charge in [0.05, 0.1) is 44.9 Å². The molecule has 0 radical (unpaired) electrons. The number of carbonyl (C=O) groups is 2. The molecule has 8 N–H and O–H groups in total. The van der Waals surface area contributed by atoms with Crippen molar-refractivity contribution in [3.8, 4) is 0 Å². The van der Waals surface area contributed by atoms with E-state index in [4.69, 9.17) is 20.9 Å². The number of rotatable bonds is 16. The van der Waals surface area contributed by atoms with Gasteiger partial charge < -0.3 is 36.9 Å². The second-order valence-electron chi connectivity index (χ2n) is 8.14. The Morgan fingerprint density at radius 1 is 0.974 bits per heavy atom. The smallest absolute Gasteiger partial charge is 0.280 e. The first-order chi connectivity index (χ1) is 18.5. The fraction of sp³-hybridized carbons (Fsp3) is 0.417. The molecule has 14 heteroatoms. The van der Waals surface area contributed by atoms with Crippen LogP contribution in [0.5, 0.6) is 0 Å². The minimum atomic E-state index is -0.455. The maximum absolute atomic E-state index is 12.4. The van der Waals surface area contributed by atoms with Crippen LogP contribution in [0, 0.1) is 0 Å². The zero-order chi connectivity index (χ0) is 27.2. The number of H-pyrrole nitrogens is 1. The summed E-state index contributed by atoms with van der Waals surface area (Å²) in [4.78, 5) is 51.0. The molecule has 2 amide bonds. The number of nitrogens with one attached hydrogen (secondary N) is 4. The van der Waals surface area contributed by atoms with Gasteiger partial charge in [-0.25, -0.2) is 9.97 Å². The monoisotopic (exact) mass is 527 g/mol. The average molecular weight is 528 g/mol. The van der Waals surface area contributed by atoms with E-state index in [1.165, 1.54) is 6.20 Å². The summed E-state index contributed by atoms with van der Waals surface area (Å²) >= 11 is 0. The lowest BCUT2D eigenvalue weighted by molar-refractivity contribution is -0.121. The summed E-state index contributed by atoms with van der Waals surface area (Å²) in [5, 5.41) is 8.74. The molecule has 0 saturated heterocycles. The zero-order valence-electron chi connectivity index (χ0n) is 21.0. The van der Waals surface area contributed by atoms with E-state index in [0.29, 0.717) is 76.7 Å². The number of nitrogens with zero attached hydrogens (tertiary/aromatic N) is 3. The van der Waals surface area contributed by atoms with Crippen LogP contribution in [0.2, 0.25) is 0 Å². The van der Waals surface area contributed by atoms with Crippen LogP contribution in [-0.2, 0) is 20.8 Å². The first-order valence-electron chi connectivity index (χ1n) is 12.2. The Morgan fingerprint density at radius 3 is 2.50 bits per heavy atom. The van der Waals surface area contributed by atoms with Crippen molar-refractivity contribution in [3.05, 3.63) is 52.1 Å². The van der Waals surface area contributed by atoms with Crippen molar-refractivity contribution in [2.24, 2.45) is 5.73 Å². The SMILES string of the molecule is NCCOCCOCCNC(=O)CCCNC(=O)c1ccc(NCc2cnc3nc(N)[nH]c(=O)c3n2)cc1. The van der Waals surface area contributed by atoms with Crippen LogP contribution in [-0.4, -0.2) is 77.8 Å². The number of hydrogen-bond donors (Lipinski definition) is 6. The number of aromatic amines is 1. The highest BCUT2D eigenvalue weighted by atomic mass is 16.5. The molecule has 0 saturated carbocycles. The Labute approximate surface area is 218 Å². The normalized spacial score (nSPS) is 10.9. The second kappa shape index (κ2) is 15.2. The molecule has 0 aliphatic heterocycles. The minimum absolute atomic E-state index is 0.0179.